The zero-order chi connectivity index (χ0) is 18.9. The molecule has 2 rings (SSSR count). The molecule has 0 fully saturated rings. The van der Waals surface area contributed by atoms with Crippen LogP contribution >= 0.6 is 11.8 Å². The van der Waals surface area contributed by atoms with Crippen molar-refractivity contribution in [2.45, 2.75) is 44.4 Å². The highest BCUT2D eigenvalue weighted by atomic mass is 32.2. The number of benzene rings is 2. The van der Waals surface area contributed by atoms with Gasteiger partial charge in [0.2, 0.25) is 5.91 Å². The highest BCUT2D eigenvalue weighted by Gasteiger charge is 2.14. The van der Waals surface area contributed by atoms with Crippen LogP contribution in [0.4, 0.5) is 0 Å². The fraction of sp³-hybridized carbons (Fsp3) is 0.381. The quantitative estimate of drug-likeness (QED) is 0.653. The van der Waals surface area contributed by atoms with E-state index in [9.17, 15) is 4.79 Å². The van der Waals surface area contributed by atoms with Gasteiger partial charge >= 0.3 is 0 Å². The second-order valence-electron chi connectivity index (χ2n) is 5.94. The van der Waals surface area contributed by atoms with Crippen LogP contribution in [-0.2, 0) is 11.3 Å². The molecule has 0 aromatic heterocycles. The molecule has 0 radical (unpaired) electrons. The molecular weight excluding hydrogens is 346 g/mol. The fourth-order valence-electron chi connectivity index (χ4n) is 2.41. The minimum absolute atomic E-state index is 0.0161. The molecule has 1 N–H and O–H groups in total. The Bertz CT molecular complexity index is 716. The summed E-state index contributed by atoms with van der Waals surface area (Å²) in [5.74, 6) is 1.46. The zero-order valence-corrected chi connectivity index (χ0v) is 16.7. The molecule has 0 saturated carbocycles. The number of ether oxygens (including phenoxy) is 2. The number of aryl methyl sites for hydroxylation is 1. The normalized spacial score (nSPS) is 11.7. The minimum atomic E-state index is -0.160. The van der Waals surface area contributed by atoms with E-state index in [2.05, 4.69) is 24.4 Å². The molecule has 0 bridgehead atoms. The first-order valence-electron chi connectivity index (χ1n) is 8.93. The summed E-state index contributed by atoms with van der Waals surface area (Å²) >= 11 is 1.56. The fourth-order valence-corrected chi connectivity index (χ4v) is 3.30. The van der Waals surface area contributed by atoms with E-state index in [1.54, 1.807) is 11.8 Å². The molecule has 2 aromatic rings. The molecule has 0 unspecified atom stereocenters. The lowest BCUT2D eigenvalue weighted by Crippen LogP contribution is -2.30. The SMILES string of the molecule is CCOc1ccc(CNC(=O)[C@@H](C)Sc2ccc(C)cc2)cc1OCC. The predicted molar refractivity (Wildman–Crippen MR) is 107 cm³/mol. The number of carbonyl (C=O) groups is 1. The van der Waals surface area contributed by atoms with Gasteiger partial charge in [0.15, 0.2) is 11.5 Å². The number of nitrogens with one attached hydrogen (secondary N) is 1. The van der Waals surface area contributed by atoms with Crippen LogP contribution in [0.2, 0.25) is 0 Å². The average molecular weight is 374 g/mol. The van der Waals surface area contributed by atoms with Gasteiger partial charge in [-0.1, -0.05) is 23.8 Å². The minimum Gasteiger partial charge on any atom is -0.490 e. The van der Waals surface area contributed by atoms with Crippen molar-refractivity contribution in [3.8, 4) is 11.5 Å². The Morgan fingerprint density at radius 1 is 1.04 bits per heavy atom. The topological polar surface area (TPSA) is 47.6 Å². The molecule has 0 aliphatic rings. The molecule has 140 valence electrons. The summed E-state index contributed by atoms with van der Waals surface area (Å²) in [5.41, 5.74) is 2.20. The second-order valence-corrected chi connectivity index (χ2v) is 7.35. The van der Waals surface area contributed by atoms with Crippen LogP contribution in [-0.4, -0.2) is 24.4 Å². The number of hydrogen-bond acceptors (Lipinski definition) is 4. The van der Waals surface area contributed by atoms with Gasteiger partial charge in [-0.3, -0.25) is 4.79 Å². The Kier molecular flexibility index (Phi) is 7.85. The second kappa shape index (κ2) is 10.1. The smallest absolute Gasteiger partial charge is 0.233 e. The molecule has 26 heavy (non-hydrogen) atoms. The average Bonchev–Trinajstić information content (AvgIpc) is 2.63. The summed E-state index contributed by atoms with van der Waals surface area (Å²) in [4.78, 5) is 13.5. The molecular formula is C21H27NO3S. The maximum atomic E-state index is 12.4. The first-order chi connectivity index (χ1) is 12.5. The Morgan fingerprint density at radius 2 is 1.69 bits per heavy atom. The lowest BCUT2D eigenvalue weighted by molar-refractivity contribution is -0.120. The van der Waals surface area contributed by atoms with Gasteiger partial charge in [-0.25, -0.2) is 0 Å². The third kappa shape index (κ3) is 5.99. The summed E-state index contributed by atoms with van der Waals surface area (Å²) < 4.78 is 11.2. The molecule has 0 aliphatic carbocycles. The number of carbonyl (C=O) groups excluding carboxylic acids is 1. The highest BCUT2D eigenvalue weighted by molar-refractivity contribution is 8.00. The van der Waals surface area contributed by atoms with Crippen LogP contribution in [0.15, 0.2) is 47.4 Å². The molecule has 0 saturated heterocycles. The molecule has 0 aliphatic heterocycles. The molecule has 1 atom stereocenters. The Labute approximate surface area is 160 Å². The van der Waals surface area contributed by atoms with Crippen molar-refractivity contribution >= 4 is 17.7 Å². The molecule has 5 heteroatoms. The van der Waals surface area contributed by atoms with Gasteiger partial charge < -0.3 is 14.8 Å². The van der Waals surface area contributed by atoms with Crippen molar-refractivity contribution in [1.29, 1.82) is 0 Å². The van der Waals surface area contributed by atoms with E-state index >= 15 is 0 Å². The van der Waals surface area contributed by atoms with Crippen LogP contribution in [0.1, 0.15) is 31.9 Å². The predicted octanol–water partition coefficient (Wildman–Crippen LogP) is 4.59. The van der Waals surface area contributed by atoms with Crippen molar-refractivity contribution in [1.82, 2.24) is 5.32 Å². The summed E-state index contributed by atoms with van der Waals surface area (Å²) in [5, 5.41) is 2.83. The first kappa shape index (κ1) is 20.2. The molecule has 4 nitrogen and oxygen atoms in total. The summed E-state index contributed by atoms with van der Waals surface area (Å²) in [6.45, 7) is 9.47. The zero-order valence-electron chi connectivity index (χ0n) is 15.9. The highest BCUT2D eigenvalue weighted by Crippen LogP contribution is 2.28. The Hall–Kier alpha value is -2.14. The van der Waals surface area contributed by atoms with E-state index in [0.717, 1.165) is 16.2 Å². The van der Waals surface area contributed by atoms with Gasteiger partial charge in [0, 0.05) is 11.4 Å². The van der Waals surface area contributed by atoms with E-state index in [1.807, 2.05) is 51.1 Å². The van der Waals surface area contributed by atoms with Crippen LogP contribution in [0.5, 0.6) is 11.5 Å². The molecule has 0 spiro atoms. The van der Waals surface area contributed by atoms with Gasteiger partial charge in [-0.05, 0) is 57.5 Å². The number of amides is 1. The van der Waals surface area contributed by atoms with E-state index in [1.165, 1.54) is 5.56 Å². The van der Waals surface area contributed by atoms with Crippen molar-refractivity contribution in [3.05, 3.63) is 53.6 Å². The molecule has 0 heterocycles. The van der Waals surface area contributed by atoms with Crippen LogP contribution in [0.3, 0.4) is 0 Å². The molecule has 1 amide bonds. The summed E-state index contributed by atoms with van der Waals surface area (Å²) in [6, 6.07) is 14.0. The van der Waals surface area contributed by atoms with Gasteiger partial charge in [0.1, 0.15) is 0 Å². The lowest BCUT2D eigenvalue weighted by Gasteiger charge is -2.14. The van der Waals surface area contributed by atoms with E-state index in [0.29, 0.717) is 25.5 Å². The third-order valence-corrected chi connectivity index (χ3v) is 4.89. The van der Waals surface area contributed by atoms with Gasteiger partial charge in [-0.15, -0.1) is 11.8 Å². The Balaban J connectivity index is 1.93. The van der Waals surface area contributed by atoms with Gasteiger partial charge in [-0.2, -0.15) is 0 Å². The summed E-state index contributed by atoms with van der Waals surface area (Å²) in [6.07, 6.45) is 0. The van der Waals surface area contributed by atoms with Crippen LogP contribution < -0.4 is 14.8 Å². The lowest BCUT2D eigenvalue weighted by atomic mass is 10.2. The molecule has 2 aromatic carbocycles. The Morgan fingerprint density at radius 3 is 2.35 bits per heavy atom. The van der Waals surface area contributed by atoms with E-state index in [-0.39, 0.29) is 11.2 Å². The van der Waals surface area contributed by atoms with Crippen molar-refractivity contribution in [3.63, 3.8) is 0 Å². The van der Waals surface area contributed by atoms with Crippen molar-refractivity contribution in [2.75, 3.05) is 13.2 Å². The number of rotatable bonds is 9. The maximum Gasteiger partial charge on any atom is 0.233 e. The first-order valence-corrected chi connectivity index (χ1v) is 9.81. The van der Waals surface area contributed by atoms with Gasteiger partial charge in [0.25, 0.3) is 0 Å². The summed E-state index contributed by atoms with van der Waals surface area (Å²) in [7, 11) is 0. The van der Waals surface area contributed by atoms with Crippen molar-refractivity contribution in [2.24, 2.45) is 0 Å². The van der Waals surface area contributed by atoms with Crippen molar-refractivity contribution < 1.29 is 14.3 Å². The monoisotopic (exact) mass is 373 g/mol. The van der Waals surface area contributed by atoms with E-state index in [4.69, 9.17) is 9.47 Å². The van der Waals surface area contributed by atoms with E-state index < -0.39 is 0 Å². The van der Waals surface area contributed by atoms with Crippen LogP contribution in [0, 0.1) is 6.92 Å². The van der Waals surface area contributed by atoms with Gasteiger partial charge in [0.05, 0.1) is 18.5 Å². The number of hydrogen-bond donors (Lipinski definition) is 1. The number of thioether (sulfide) groups is 1. The van der Waals surface area contributed by atoms with Crippen LogP contribution in [0.25, 0.3) is 0 Å². The third-order valence-electron chi connectivity index (χ3n) is 3.78. The maximum absolute atomic E-state index is 12.4. The largest absolute Gasteiger partial charge is 0.490 e. The standard InChI is InChI=1S/C21H27NO3S/c1-5-24-19-12-9-17(13-20(19)25-6-2)14-22-21(23)16(4)26-18-10-7-15(3)8-11-18/h7-13,16H,5-6,14H2,1-4H3,(H,22,23)/t16-/m1/s1.